The van der Waals surface area contributed by atoms with E-state index in [1.54, 1.807) is 12.1 Å². The fourth-order valence-corrected chi connectivity index (χ4v) is 1.39. The Bertz CT molecular complexity index is 775. The number of hydrogen-bond acceptors (Lipinski definition) is 4. The quantitative estimate of drug-likeness (QED) is 0.473. The van der Waals surface area contributed by atoms with Gasteiger partial charge in [0.15, 0.2) is 0 Å². The number of rotatable bonds is 1. The van der Waals surface area contributed by atoms with Crippen LogP contribution >= 0.6 is 0 Å². The summed E-state index contributed by atoms with van der Waals surface area (Å²) >= 11 is 0. The van der Waals surface area contributed by atoms with Crippen LogP contribution in [0.1, 0.15) is 10.4 Å². The Balaban J connectivity index is 0.000000546. The molecule has 0 unspecified atom stereocenters. The molecule has 0 amide bonds. The zero-order chi connectivity index (χ0) is 16.2. The predicted molar refractivity (Wildman–Crippen MR) is 76.9 cm³/mol. The highest BCUT2D eigenvalue weighted by Crippen LogP contribution is 2.11. The molecule has 116 valence electrons. The molecule has 0 bridgehead atoms. The highest BCUT2D eigenvalue weighted by molar-refractivity contribution is 6.27. The largest absolute Gasteiger partial charge is 0.477 e. The molecule has 0 aliphatic carbocycles. The van der Waals surface area contributed by atoms with Gasteiger partial charge in [0, 0.05) is 5.39 Å². The molecule has 0 fully saturated rings. The van der Waals surface area contributed by atoms with Crippen LogP contribution in [0.15, 0.2) is 35.3 Å². The normalized spacial score (nSPS) is 9.14. The Morgan fingerprint density at radius 3 is 1.95 bits per heavy atom. The van der Waals surface area contributed by atoms with Crippen LogP contribution in [0.2, 0.25) is 0 Å². The smallest absolute Gasteiger partial charge is 0.414 e. The number of hydrogen-bond donors (Lipinski definition) is 3. The van der Waals surface area contributed by atoms with Crippen LogP contribution in [0, 0.1) is 0 Å². The Labute approximate surface area is 123 Å². The van der Waals surface area contributed by atoms with Crippen molar-refractivity contribution < 1.29 is 34.2 Å². The van der Waals surface area contributed by atoms with E-state index in [0.29, 0.717) is 6.20 Å². The summed E-state index contributed by atoms with van der Waals surface area (Å²) in [6.07, 6.45) is 0.674. The third kappa shape index (κ3) is 4.17. The Morgan fingerprint density at radius 1 is 1.00 bits per heavy atom. The molecule has 8 nitrogen and oxygen atoms in total. The van der Waals surface area contributed by atoms with Crippen molar-refractivity contribution in [3.63, 3.8) is 0 Å². The second-order valence-corrected chi connectivity index (χ2v) is 3.62. The highest BCUT2D eigenvalue weighted by Gasteiger charge is 2.13. The van der Waals surface area contributed by atoms with Gasteiger partial charge >= 0.3 is 17.9 Å². The standard InChI is InChI=1S/C10H6FNO3.C2H2O4.BH3/c11-12-5-7(10(14)15)9(13)6-3-1-2-4-8(6)12;3-1(4)2(5)6;/h1-5H,(H,14,15);(H,3,4)(H,5,6);1H3. The van der Waals surface area contributed by atoms with Gasteiger partial charge in [-0.25, -0.2) is 14.4 Å². The van der Waals surface area contributed by atoms with Gasteiger partial charge in [-0.1, -0.05) is 16.6 Å². The number of carboxylic acid groups (broad SMARTS) is 3. The summed E-state index contributed by atoms with van der Waals surface area (Å²) in [5.41, 5.74) is -1.18. The van der Waals surface area contributed by atoms with E-state index in [1.807, 2.05) is 0 Å². The summed E-state index contributed by atoms with van der Waals surface area (Å²) in [5, 5.41) is 23.5. The number of aromatic nitrogens is 1. The average Bonchev–Trinajstić information content (AvgIpc) is 2.43. The molecule has 0 radical (unpaired) electrons. The first-order valence-corrected chi connectivity index (χ1v) is 5.25. The first-order valence-electron chi connectivity index (χ1n) is 5.25. The van der Waals surface area contributed by atoms with E-state index in [1.165, 1.54) is 12.1 Å². The molecule has 0 spiro atoms. The Morgan fingerprint density at radius 2 is 1.50 bits per heavy atom. The van der Waals surface area contributed by atoms with E-state index in [4.69, 9.17) is 24.9 Å². The molecular formula is C12H11BFNO7. The first-order chi connectivity index (χ1) is 9.75. The van der Waals surface area contributed by atoms with Crippen molar-refractivity contribution in [3.05, 3.63) is 46.2 Å². The van der Waals surface area contributed by atoms with Crippen LogP contribution in [0.3, 0.4) is 0 Å². The molecule has 0 aliphatic rings. The van der Waals surface area contributed by atoms with Crippen molar-refractivity contribution in [3.8, 4) is 0 Å². The number of aromatic carboxylic acids is 1. The van der Waals surface area contributed by atoms with Gasteiger partial charge in [0.25, 0.3) is 0 Å². The minimum atomic E-state index is -1.82. The van der Waals surface area contributed by atoms with Crippen LogP contribution in [-0.2, 0) is 9.59 Å². The van der Waals surface area contributed by atoms with Crippen LogP contribution in [0.25, 0.3) is 10.9 Å². The Kier molecular flexibility index (Phi) is 6.48. The van der Waals surface area contributed by atoms with Gasteiger partial charge in [0.1, 0.15) is 5.56 Å². The van der Waals surface area contributed by atoms with Crippen molar-refractivity contribution in [1.29, 1.82) is 0 Å². The fraction of sp³-hybridized carbons (Fsp3) is 0. The summed E-state index contributed by atoms with van der Waals surface area (Å²) in [5.74, 6) is -5.08. The van der Waals surface area contributed by atoms with Crippen molar-refractivity contribution in [2.45, 2.75) is 0 Å². The first kappa shape index (κ1) is 18.8. The fourth-order valence-electron chi connectivity index (χ4n) is 1.39. The number of halogens is 1. The minimum Gasteiger partial charge on any atom is -0.477 e. The van der Waals surface area contributed by atoms with Gasteiger partial charge in [-0.05, 0) is 12.1 Å². The van der Waals surface area contributed by atoms with Gasteiger partial charge in [0.2, 0.25) is 5.43 Å². The van der Waals surface area contributed by atoms with Gasteiger partial charge in [-0.3, -0.25) is 4.79 Å². The summed E-state index contributed by atoms with van der Waals surface area (Å²) in [6, 6.07) is 5.91. The van der Waals surface area contributed by atoms with Crippen molar-refractivity contribution >= 4 is 37.2 Å². The molecule has 0 saturated heterocycles. The second-order valence-electron chi connectivity index (χ2n) is 3.62. The molecule has 0 saturated carbocycles. The molecule has 2 rings (SSSR count). The predicted octanol–water partition coefficient (Wildman–Crippen LogP) is -0.596. The molecular weight excluding hydrogens is 300 g/mol. The maximum absolute atomic E-state index is 13.3. The molecule has 0 aliphatic heterocycles. The zero-order valence-corrected chi connectivity index (χ0v) is 10.2. The highest BCUT2D eigenvalue weighted by atomic mass is 19.2. The molecule has 2 aromatic rings. The van der Waals surface area contributed by atoms with Gasteiger partial charge in [-0.15, -0.1) is 0 Å². The van der Waals surface area contributed by atoms with Gasteiger partial charge in [-0.2, -0.15) is 4.79 Å². The number of nitrogens with zero attached hydrogens (tertiary/aromatic N) is 1. The van der Waals surface area contributed by atoms with Crippen LogP contribution in [-0.4, -0.2) is 46.4 Å². The van der Waals surface area contributed by atoms with E-state index in [9.17, 15) is 14.1 Å². The lowest BCUT2D eigenvalue weighted by Crippen LogP contribution is -2.16. The van der Waals surface area contributed by atoms with Gasteiger partial charge < -0.3 is 15.3 Å². The van der Waals surface area contributed by atoms with E-state index in [2.05, 4.69) is 0 Å². The number of carbonyl (C=O) groups is 3. The maximum Gasteiger partial charge on any atom is 0.414 e. The molecule has 3 N–H and O–H groups in total. The lowest BCUT2D eigenvalue weighted by Gasteiger charge is -2.02. The van der Waals surface area contributed by atoms with Gasteiger partial charge in [0.05, 0.1) is 20.1 Å². The van der Waals surface area contributed by atoms with Crippen molar-refractivity contribution in [2.24, 2.45) is 0 Å². The zero-order valence-electron chi connectivity index (χ0n) is 10.2. The molecule has 10 heteroatoms. The number of pyridine rings is 1. The van der Waals surface area contributed by atoms with E-state index >= 15 is 0 Å². The van der Waals surface area contributed by atoms with Crippen LogP contribution in [0.5, 0.6) is 0 Å². The summed E-state index contributed by atoms with van der Waals surface area (Å²) in [4.78, 5) is 40.5. The number of para-hydroxylation sites is 1. The monoisotopic (exact) mass is 311 g/mol. The average molecular weight is 311 g/mol. The molecule has 1 aromatic carbocycles. The Hall–Kier alpha value is -3.17. The van der Waals surface area contributed by atoms with E-state index < -0.39 is 28.9 Å². The van der Waals surface area contributed by atoms with Crippen molar-refractivity contribution in [1.82, 2.24) is 4.79 Å². The number of carboxylic acids is 3. The molecule has 22 heavy (non-hydrogen) atoms. The van der Waals surface area contributed by atoms with Crippen LogP contribution < -0.4 is 5.43 Å². The minimum absolute atomic E-state index is 0. The number of aliphatic carboxylic acids is 2. The van der Waals surface area contributed by atoms with E-state index in [-0.39, 0.29) is 24.1 Å². The SMILES string of the molecule is B.O=C(O)C(=O)O.O=C(O)c1cn(F)c2ccccc2c1=O. The topological polar surface area (TPSA) is 134 Å². The van der Waals surface area contributed by atoms with Crippen molar-refractivity contribution in [2.75, 3.05) is 0 Å². The third-order valence-electron chi connectivity index (χ3n) is 2.28. The lowest BCUT2D eigenvalue weighted by atomic mass is 10.1. The van der Waals surface area contributed by atoms with E-state index in [0.717, 1.165) is 0 Å². The summed E-state index contributed by atoms with van der Waals surface area (Å²) < 4.78 is 13.3. The van der Waals surface area contributed by atoms with Crippen LogP contribution in [0.4, 0.5) is 4.48 Å². The number of fused-ring (bicyclic) bond motifs is 1. The molecule has 0 atom stereocenters. The molecule has 1 heterocycles. The number of benzene rings is 1. The second kappa shape index (κ2) is 7.57. The third-order valence-corrected chi connectivity index (χ3v) is 2.28. The maximum atomic E-state index is 13.3. The molecule has 1 aromatic heterocycles. The summed E-state index contributed by atoms with van der Waals surface area (Å²) in [7, 11) is 0. The summed E-state index contributed by atoms with van der Waals surface area (Å²) in [6.45, 7) is 0. The lowest BCUT2D eigenvalue weighted by molar-refractivity contribution is -0.159.